The quantitative estimate of drug-likeness (QED) is 0.791. The highest BCUT2D eigenvalue weighted by molar-refractivity contribution is 7.99. The van der Waals surface area contributed by atoms with Crippen LogP contribution in [-0.2, 0) is 11.3 Å². The van der Waals surface area contributed by atoms with Crippen molar-refractivity contribution in [1.29, 1.82) is 0 Å². The molecule has 3 rings (SSSR count). The van der Waals surface area contributed by atoms with E-state index in [2.05, 4.69) is 33.8 Å². The molecule has 21 heavy (non-hydrogen) atoms. The number of aromatic nitrogens is 3. The minimum absolute atomic E-state index is 0.367. The third-order valence-corrected chi connectivity index (χ3v) is 4.84. The van der Waals surface area contributed by atoms with Gasteiger partial charge in [0.15, 0.2) is 11.0 Å². The van der Waals surface area contributed by atoms with Crippen LogP contribution in [0.15, 0.2) is 35.5 Å². The third-order valence-electron chi connectivity index (χ3n) is 3.74. The van der Waals surface area contributed by atoms with Gasteiger partial charge in [0.25, 0.3) is 0 Å². The maximum Gasteiger partial charge on any atom is 0.191 e. The average molecular weight is 303 g/mol. The van der Waals surface area contributed by atoms with Crippen LogP contribution in [0.2, 0.25) is 0 Å². The predicted octanol–water partition coefficient (Wildman–Crippen LogP) is 3.63. The van der Waals surface area contributed by atoms with Crippen molar-refractivity contribution in [3.8, 4) is 11.4 Å². The van der Waals surface area contributed by atoms with Crippen LogP contribution in [0.4, 0.5) is 0 Å². The molecule has 2 heterocycles. The van der Waals surface area contributed by atoms with Crippen LogP contribution >= 0.6 is 11.8 Å². The molecule has 0 amide bonds. The fourth-order valence-electron chi connectivity index (χ4n) is 2.59. The van der Waals surface area contributed by atoms with Crippen molar-refractivity contribution in [2.45, 2.75) is 44.0 Å². The first-order valence-corrected chi connectivity index (χ1v) is 8.60. The van der Waals surface area contributed by atoms with E-state index in [1.807, 2.05) is 18.2 Å². The summed E-state index contributed by atoms with van der Waals surface area (Å²) in [6, 6.07) is 10.2. The SMILES string of the molecule is CCn1c(SCC2CCCCO2)nnc1-c1ccccc1. The Morgan fingerprint density at radius 1 is 1.24 bits per heavy atom. The second-order valence-corrected chi connectivity index (χ2v) is 6.20. The molecule has 0 spiro atoms. The summed E-state index contributed by atoms with van der Waals surface area (Å²) < 4.78 is 7.97. The number of hydrogen-bond donors (Lipinski definition) is 0. The van der Waals surface area contributed by atoms with Gasteiger partial charge in [-0.05, 0) is 26.2 Å². The summed E-state index contributed by atoms with van der Waals surface area (Å²) in [5.41, 5.74) is 1.12. The van der Waals surface area contributed by atoms with Gasteiger partial charge in [0, 0.05) is 24.5 Å². The third kappa shape index (κ3) is 3.47. The lowest BCUT2D eigenvalue weighted by atomic mass is 10.1. The highest BCUT2D eigenvalue weighted by atomic mass is 32.2. The van der Waals surface area contributed by atoms with Crippen molar-refractivity contribution in [1.82, 2.24) is 14.8 Å². The highest BCUT2D eigenvalue weighted by Crippen LogP contribution is 2.26. The molecule has 1 aromatic heterocycles. The lowest BCUT2D eigenvalue weighted by Crippen LogP contribution is -2.21. The number of ether oxygens (including phenoxy) is 1. The molecule has 1 aliphatic heterocycles. The molecular weight excluding hydrogens is 282 g/mol. The van der Waals surface area contributed by atoms with Crippen LogP contribution in [0.3, 0.4) is 0 Å². The molecule has 1 saturated heterocycles. The summed E-state index contributed by atoms with van der Waals surface area (Å²) in [7, 11) is 0. The van der Waals surface area contributed by atoms with Gasteiger partial charge in [0.1, 0.15) is 0 Å². The van der Waals surface area contributed by atoms with E-state index in [0.717, 1.165) is 35.4 Å². The zero-order valence-electron chi connectivity index (χ0n) is 12.4. The summed E-state index contributed by atoms with van der Waals surface area (Å²) in [5, 5.41) is 9.73. The van der Waals surface area contributed by atoms with E-state index in [-0.39, 0.29) is 0 Å². The second kappa shape index (κ2) is 7.09. The van der Waals surface area contributed by atoms with Crippen LogP contribution in [0.5, 0.6) is 0 Å². The molecule has 1 aromatic carbocycles. The van der Waals surface area contributed by atoms with Crippen LogP contribution in [0.1, 0.15) is 26.2 Å². The van der Waals surface area contributed by atoms with Gasteiger partial charge >= 0.3 is 0 Å². The topological polar surface area (TPSA) is 39.9 Å². The van der Waals surface area contributed by atoms with E-state index in [4.69, 9.17) is 4.74 Å². The summed E-state index contributed by atoms with van der Waals surface area (Å²) in [5.74, 6) is 1.91. The van der Waals surface area contributed by atoms with E-state index >= 15 is 0 Å². The molecule has 0 aliphatic carbocycles. The molecule has 0 bridgehead atoms. The molecule has 5 heteroatoms. The van der Waals surface area contributed by atoms with Crippen LogP contribution in [0.25, 0.3) is 11.4 Å². The van der Waals surface area contributed by atoms with Crippen molar-refractivity contribution in [3.63, 3.8) is 0 Å². The predicted molar refractivity (Wildman–Crippen MR) is 85.4 cm³/mol. The van der Waals surface area contributed by atoms with E-state index in [0.29, 0.717) is 6.10 Å². The Hall–Kier alpha value is -1.33. The molecule has 2 aromatic rings. The largest absolute Gasteiger partial charge is 0.377 e. The van der Waals surface area contributed by atoms with Gasteiger partial charge in [0.05, 0.1) is 6.10 Å². The van der Waals surface area contributed by atoms with Crippen molar-refractivity contribution < 1.29 is 4.74 Å². The summed E-state index contributed by atoms with van der Waals surface area (Å²) >= 11 is 1.76. The molecule has 1 atom stereocenters. The van der Waals surface area contributed by atoms with Gasteiger partial charge in [-0.25, -0.2) is 0 Å². The zero-order chi connectivity index (χ0) is 14.5. The Bertz CT molecular complexity index is 564. The minimum Gasteiger partial charge on any atom is -0.377 e. The molecule has 4 nitrogen and oxygen atoms in total. The van der Waals surface area contributed by atoms with Crippen LogP contribution in [0, 0.1) is 0 Å². The van der Waals surface area contributed by atoms with E-state index in [9.17, 15) is 0 Å². The minimum atomic E-state index is 0.367. The summed E-state index contributed by atoms with van der Waals surface area (Å²) in [6.45, 7) is 3.92. The molecular formula is C16H21N3OS. The summed E-state index contributed by atoms with van der Waals surface area (Å²) in [4.78, 5) is 0. The number of benzene rings is 1. The highest BCUT2D eigenvalue weighted by Gasteiger charge is 2.17. The van der Waals surface area contributed by atoms with Gasteiger partial charge < -0.3 is 9.30 Å². The van der Waals surface area contributed by atoms with Gasteiger partial charge in [-0.15, -0.1) is 10.2 Å². The Balaban J connectivity index is 1.72. The Kier molecular flexibility index (Phi) is 4.93. The van der Waals surface area contributed by atoms with Gasteiger partial charge in [-0.3, -0.25) is 0 Å². The first kappa shape index (κ1) is 14.6. The Morgan fingerprint density at radius 2 is 2.10 bits per heavy atom. The summed E-state index contributed by atoms with van der Waals surface area (Å²) in [6.07, 6.45) is 4.01. The first-order chi connectivity index (χ1) is 10.4. The number of rotatable bonds is 5. The van der Waals surface area contributed by atoms with Gasteiger partial charge in [0.2, 0.25) is 0 Å². The lowest BCUT2D eigenvalue weighted by Gasteiger charge is -2.21. The normalized spacial score (nSPS) is 18.8. The zero-order valence-corrected chi connectivity index (χ0v) is 13.2. The van der Waals surface area contributed by atoms with E-state index < -0.39 is 0 Å². The fraction of sp³-hybridized carbons (Fsp3) is 0.500. The van der Waals surface area contributed by atoms with Crippen molar-refractivity contribution >= 4 is 11.8 Å². The molecule has 112 valence electrons. The monoisotopic (exact) mass is 303 g/mol. The maximum absolute atomic E-state index is 5.79. The lowest BCUT2D eigenvalue weighted by molar-refractivity contribution is 0.0315. The second-order valence-electron chi connectivity index (χ2n) is 5.22. The molecule has 1 fully saturated rings. The van der Waals surface area contributed by atoms with Crippen molar-refractivity contribution in [3.05, 3.63) is 30.3 Å². The number of hydrogen-bond acceptors (Lipinski definition) is 4. The first-order valence-electron chi connectivity index (χ1n) is 7.61. The number of thioether (sulfide) groups is 1. The standard InChI is InChI=1S/C16H21N3OS/c1-2-19-15(13-8-4-3-5-9-13)17-18-16(19)21-12-14-10-6-7-11-20-14/h3-5,8-9,14H,2,6-7,10-12H2,1H3. The molecule has 1 aliphatic rings. The van der Waals surface area contributed by atoms with Crippen LogP contribution < -0.4 is 0 Å². The average Bonchev–Trinajstić information content (AvgIpc) is 2.97. The Labute approximate surface area is 129 Å². The fourth-order valence-corrected chi connectivity index (χ4v) is 3.66. The molecule has 0 saturated carbocycles. The van der Waals surface area contributed by atoms with Crippen LogP contribution in [-0.4, -0.2) is 33.2 Å². The van der Waals surface area contributed by atoms with E-state index in [1.165, 1.54) is 19.3 Å². The molecule has 1 unspecified atom stereocenters. The Morgan fingerprint density at radius 3 is 2.81 bits per heavy atom. The number of nitrogens with zero attached hydrogens (tertiary/aromatic N) is 3. The van der Waals surface area contributed by atoms with E-state index in [1.54, 1.807) is 11.8 Å². The molecule has 0 N–H and O–H groups in total. The molecule has 0 radical (unpaired) electrons. The van der Waals surface area contributed by atoms with Gasteiger partial charge in [-0.1, -0.05) is 42.1 Å². The van der Waals surface area contributed by atoms with Crippen molar-refractivity contribution in [2.75, 3.05) is 12.4 Å². The van der Waals surface area contributed by atoms with Gasteiger partial charge in [-0.2, -0.15) is 0 Å². The van der Waals surface area contributed by atoms with Crippen molar-refractivity contribution in [2.24, 2.45) is 0 Å². The maximum atomic E-state index is 5.79. The smallest absolute Gasteiger partial charge is 0.191 e.